The van der Waals surface area contributed by atoms with Crippen molar-refractivity contribution in [2.24, 2.45) is 11.3 Å². The topological polar surface area (TPSA) is 41.6 Å². The molecule has 2 fully saturated rings. The van der Waals surface area contributed by atoms with Crippen molar-refractivity contribution in [1.82, 2.24) is 10.4 Å². The number of nitrogens with one attached hydrogen (secondary N) is 1. The van der Waals surface area contributed by atoms with E-state index in [1.165, 1.54) is 0 Å². The molecule has 3 unspecified atom stereocenters. The summed E-state index contributed by atoms with van der Waals surface area (Å²) in [6.07, 6.45) is 3.07. The van der Waals surface area contributed by atoms with Crippen LogP contribution in [0.1, 0.15) is 40.0 Å². The maximum Gasteiger partial charge on any atom is 0.142 e. The van der Waals surface area contributed by atoms with Gasteiger partial charge in [0.25, 0.3) is 0 Å². The lowest BCUT2D eigenvalue weighted by Gasteiger charge is -2.42. The van der Waals surface area contributed by atoms with Gasteiger partial charge in [-0.05, 0) is 19.3 Å². The average Bonchev–Trinajstić information content (AvgIpc) is 2.74. The van der Waals surface area contributed by atoms with Crippen LogP contribution in [0, 0.1) is 11.3 Å². The first-order valence-corrected chi connectivity index (χ1v) is 6.54. The predicted molar refractivity (Wildman–Crippen MR) is 66.2 cm³/mol. The van der Waals surface area contributed by atoms with E-state index in [2.05, 4.69) is 10.4 Å². The average molecular weight is 240 g/mol. The van der Waals surface area contributed by atoms with E-state index in [9.17, 15) is 4.79 Å². The Morgan fingerprint density at radius 2 is 2.00 bits per heavy atom. The van der Waals surface area contributed by atoms with Crippen LogP contribution in [0.2, 0.25) is 0 Å². The van der Waals surface area contributed by atoms with E-state index in [4.69, 9.17) is 4.74 Å². The third-order valence-electron chi connectivity index (χ3n) is 3.94. The number of rotatable bonds is 2. The van der Waals surface area contributed by atoms with Gasteiger partial charge in [0.2, 0.25) is 0 Å². The molecule has 2 rings (SSSR count). The lowest BCUT2D eigenvalue weighted by Crippen LogP contribution is -2.55. The third kappa shape index (κ3) is 2.39. The third-order valence-corrected chi connectivity index (χ3v) is 3.94. The highest BCUT2D eigenvalue weighted by Crippen LogP contribution is 2.36. The molecule has 0 saturated carbocycles. The maximum atomic E-state index is 12.5. The van der Waals surface area contributed by atoms with Crippen LogP contribution in [0.25, 0.3) is 0 Å². The number of nitrogens with zero attached hydrogens (tertiary/aromatic N) is 1. The first kappa shape index (κ1) is 13.0. The monoisotopic (exact) mass is 240 g/mol. The first-order valence-electron chi connectivity index (χ1n) is 6.54. The zero-order valence-corrected chi connectivity index (χ0v) is 11.3. The molecule has 3 atom stereocenters. The second-order valence-electron chi connectivity index (χ2n) is 6.16. The number of methoxy groups -OCH3 is 1. The van der Waals surface area contributed by atoms with Crippen LogP contribution in [-0.2, 0) is 9.53 Å². The Hall–Kier alpha value is -0.450. The SMILES string of the molecule is COC1CCC(C(=O)C(C)(C)C)C2CCNN12. The first-order chi connectivity index (χ1) is 7.95. The second kappa shape index (κ2) is 4.67. The number of carbonyl (C=O) groups excluding carboxylic acids is 1. The minimum atomic E-state index is -0.237. The van der Waals surface area contributed by atoms with Crippen LogP contribution in [0.15, 0.2) is 0 Å². The Bertz CT molecular complexity index is 298. The van der Waals surface area contributed by atoms with E-state index in [0.717, 1.165) is 25.8 Å². The number of ether oxygens (including phenoxy) is 1. The van der Waals surface area contributed by atoms with E-state index in [0.29, 0.717) is 11.8 Å². The fourth-order valence-electron chi connectivity index (χ4n) is 3.06. The van der Waals surface area contributed by atoms with Gasteiger partial charge in [0.05, 0.1) is 0 Å². The summed E-state index contributed by atoms with van der Waals surface area (Å²) in [5.74, 6) is 0.558. The van der Waals surface area contributed by atoms with Crippen LogP contribution in [-0.4, -0.2) is 36.7 Å². The number of piperidine rings is 1. The van der Waals surface area contributed by atoms with E-state index < -0.39 is 0 Å². The van der Waals surface area contributed by atoms with Crippen molar-refractivity contribution < 1.29 is 9.53 Å². The van der Waals surface area contributed by atoms with Gasteiger partial charge in [-0.15, -0.1) is 0 Å². The lowest BCUT2D eigenvalue weighted by molar-refractivity contribution is -0.145. The minimum Gasteiger partial charge on any atom is -0.365 e. The van der Waals surface area contributed by atoms with Crippen LogP contribution in [0.3, 0.4) is 0 Å². The summed E-state index contributed by atoms with van der Waals surface area (Å²) in [4.78, 5) is 12.5. The molecule has 2 saturated heterocycles. The number of hydrazine groups is 1. The highest BCUT2D eigenvalue weighted by Gasteiger charge is 2.45. The molecular formula is C13H24N2O2. The standard InChI is InChI=1S/C13H24N2O2/c1-13(2,3)12(16)9-5-6-11(17-4)15-10(9)7-8-14-15/h9-11,14H,5-8H2,1-4H3. The Kier molecular flexibility index (Phi) is 3.57. The molecule has 0 aliphatic carbocycles. The number of carbonyl (C=O) groups is 1. The van der Waals surface area contributed by atoms with Crippen molar-refractivity contribution in [2.45, 2.75) is 52.3 Å². The normalized spacial score (nSPS) is 34.7. The van der Waals surface area contributed by atoms with Gasteiger partial charge in [0.15, 0.2) is 0 Å². The van der Waals surface area contributed by atoms with Gasteiger partial charge in [0.1, 0.15) is 12.0 Å². The molecule has 2 aliphatic heterocycles. The molecule has 0 aromatic heterocycles. The minimum absolute atomic E-state index is 0.131. The molecule has 0 spiro atoms. The molecule has 4 nitrogen and oxygen atoms in total. The van der Waals surface area contributed by atoms with Crippen LogP contribution in [0.5, 0.6) is 0 Å². The molecule has 17 heavy (non-hydrogen) atoms. The Morgan fingerprint density at radius 1 is 1.29 bits per heavy atom. The molecule has 98 valence electrons. The fourth-order valence-corrected chi connectivity index (χ4v) is 3.06. The quantitative estimate of drug-likeness (QED) is 0.795. The molecule has 0 amide bonds. The molecule has 0 radical (unpaired) electrons. The summed E-state index contributed by atoms with van der Waals surface area (Å²) in [7, 11) is 1.74. The summed E-state index contributed by atoms with van der Waals surface area (Å²) in [6, 6.07) is 0.320. The van der Waals surface area contributed by atoms with Gasteiger partial charge >= 0.3 is 0 Å². The van der Waals surface area contributed by atoms with E-state index >= 15 is 0 Å². The van der Waals surface area contributed by atoms with Crippen molar-refractivity contribution in [3.05, 3.63) is 0 Å². The highest BCUT2D eigenvalue weighted by atomic mass is 16.5. The molecule has 0 aromatic rings. The molecular weight excluding hydrogens is 216 g/mol. The largest absolute Gasteiger partial charge is 0.365 e. The lowest BCUT2D eigenvalue weighted by atomic mass is 9.75. The Balaban J connectivity index is 2.13. The zero-order chi connectivity index (χ0) is 12.6. The van der Waals surface area contributed by atoms with Gasteiger partial charge in [-0.3, -0.25) is 10.2 Å². The van der Waals surface area contributed by atoms with Gasteiger partial charge < -0.3 is 4.74 Å². The van der Waals surface area contributed by atoms with Crippen LogP contribution in [0.4, 0.5) is 0 Å². The van der Waals surface area contributed by atoms with Crippen LogP contribution >= 0.6 is 0 Å². The van der Waals surface area contributed by atoms with E-state index in [-0.39, 0.29) is 17.6 Å². The second-order valence-corrected chi connectivity index (χ2v) is 6.16. The highest BCUT2D eigenvalue weighted by molar-refractivity contribution is 5.86. The molecule has 1 N–H and O–H groups in total. The van der Waals surface area contributed by atoms with Crippen molar-refractivity contribution in [3.8, 4) is 0 Å². The summed E-state index contributed by atoms with van der Waals surface area (Å²) in [6.45, 7) is 7.01. The number of ketones is 1. The number of hydrogen-bond donors (Lipinski definition) is 1. The zero-order valence-electron chi connectivity index (χ0n) is 11.3. The maximum absolute atomic E-state index is 12.5. The van der Waals surface area contributed by atoms with Gasteiger partial charge in [-0.25, -0.2) is 5.01 Å². The molecule has 0 bridgehead atoms. The fraction of sp³-hybridized carbons (Fsp3) is 0.923. The Morgan fingerprint density at radius 3 is 2.59 bits per heavy atom. The number of hydrogen-bond acceptors (Lipinski definition) is 4. The van der Waals surface area contributed by atoms with E-state index in [1.807, 2.05) is 20.8 Å². The van der Waals surface area contributed by atoms with Gasteiger partial charge in [0, 0.05) is 31.0 Å². The predicted octanol–water partition coefficient (Wildman–Crippen LogP) is 1.56. The number of fused-ring (bicyclic) bond motifs is 1. The van der Waals surface area contributed by atoms with Gasteiger partial charge in [-0.1, -0.05) is 20.8 Å². The van der Waals surface area contributed by atoms with Crippen molar-refractivity contribution in [1.29, 1.82) is 0 Å². The molecule has 2 heterocycles. The summed E-state index contributed by atoms with van der Waals surface area (Å²) in [5.41, 5.74) is 3.11. The van der Waals surface area contributed by atoms with Crippen LogP contribution < -0.4 is 5.43 Å². The van der Waals surface area contributed by atoms with Crippen molar-refractivity contribution in [2.75, 3.05) is 13.7 Å². The molecule has 4 heteroatoms. The number of Topliss-reactive ketones (excluding diaryl/α,β-unsaturated/α-hetero) is 1. The van der Waals surface area contributed by atoms with Crippen molar-refractivity contribution in [3.63, 3.8) is 0 Å². The summed E-state index contributed by atoms with van der Waals surface area (Å²) < 4.78 is 5.47. The summed E-state index contributed by atoms with van der Waals surface area (Å²) in [5, 5.41) is 2.16. The summed E-state index contributed by atoms with van der Waals surface area (Å²) >= 11 is 0. The smallest absolute Gasteiger partial charge is 0.142 e. The Labute approximate surface area is 104 Å². The van der Waals surface area contributed by atoms with Crippen molar-refractivity contribution >= 4 is 5.78 Å². The molecule has 0 aromatic carbocycles. The molecule has 2 aliphatic rings. The van der Waals surface area contributed by atoms with Gasteiger partial charge in [-0.2, -0.15) is 0 Å². The van der Waals surface area contributed by atoms with E-state index in [1.54, 1.807) is 7.11 Å².